The highest BCUT2D eigenvalue weighted by Crippen LogP contribution is 2.20. The second kappa shape index (κ2) is 9.87. The van der Waals surface area contributed by atoms with Gasteiger partial charge in [0.15, 0.2) is 0 Å². The first-order valence-corrected chi connectivity index (χ1v) is 6.72. The Morgan fingerprint density at radius 3 is 2.24 bits per heavy atom. The molecule has 2 atom stereocenters. The Hall–Kier alpha value is -0.970. The summed E-state index contributed by atoms with van der Waals surface area (Å²) in [6.07, 6.45) is 0. The minimum Gasteiger partial charge on any atom is -0.372 e. The van der Waals surface area contributed by atoms with Crippen LogP contribution in [0.25, 0.3) is 0 Å². The molecule has 6 heteroatoms. The maximum atomic E-state index is 12.0. The molecular formula is C15H27Cl2N3O. The summed E-state index contributed by atoms with van der Waals surface area (Å²) in [5.74, 6) is -0.245. The molecule has 1 amide bonds. The van der Waals surface area contributed by atoms with Crippen molar-refractivity contribution in [3.8, 4) is 0 Å². The number of nitrogens with one attached hydrogen (secondary N) is 1. The van der Waals surface area contributed by atoms with Crippen molar-refractivity contribution < 1.29 is 4.79 Å². The van der Waals surface area contributed by atoms with E-state index in [-0.39, 0.29) is 42.7 Å². The molecule has 0 bridgehead atoms. The summed E-state index contributed by atoms with van der Waals surface area (Å²) in [6.45, 7) is 7.93. The van der Waals surface area contributed by atoms with Crippen LogP contribution in [0, 0.1) is 5.92 Å². The lowest BCUT2D eigenvalue weighted by Crippen LogP contribution is -2.34. The Labute approximate surface area is 140 Å². The predicted molar refractivity (Wildman–Crippen MR) is 95.9 cm³/mol. The third-order valence-corrected chi connectivity index (χ3v) is 3.50. The van der Waals surface area contributed by atoms with Crippen LogP contribution in [0.4, 0.5) is 11.4 Å². The van der Waals surface area contributed by atoms with Crippen LogP contribution in [0.5, 0.6) is 0 Å². The van der Waals surface area contributed by atoms with Gasteiger partial charge in [0, 0.05) is 30.5 Å². The monoisotopic (exact) mass is 335 g/mol. The molecule has 0 fully saturated rings. The van der Waals surface area contributed by atoms with Crippen LogP contribution in [0.3, 0.4) is 0 Å². The van der Waals surface area contributed by atoms with Crippen LogP contribution in [-0.2, 0) is 4.79 Å². The molecular weight excluding hydrogens is 309 g/mol. The summed E-state index contributed by atoms with van der Waals surface area (Å²) >= 11 is 0. The zero-order valence-electron chi connectivity index (χ0n) is 13.3. The van der Waals surface area contributed by atoms with Gasteiger partial charge in [-0.15, -0.1) is 24.8 Å². The van der Waals surface area contributed by atoms with E-state index < -0.39 is 0 Å². The molecule has 1 aromatic rings. The molecule has 2 unspecified atom stereocenters. The second-order valence-corrected chi connectivity index (χ2v) is 5.39. The first-order valence-electron chi connectivity index (χ1n) is 6.72. The Balaban J connectivity index is 0. The fraction of sp³-hybridized carbons (Fsp3) is 0.533. The maximum Gasteiger partial charge on any atom is 0.228 e. The summed E-state index contributed by atoms with van der Waals surface area (Å²) in [7, 11) is 2.04. The summed E-state index contributed by atoms with van der Waals surface area (Å²) in [4.78, 5) is 14.1. The SMILES string of the molecule is CC(N)C(C)C(=O)Nc1cccc(N(C)C(C)C)c1.Cl.Cl. The lowest BCUT2D eigenvalue weighted by Gasteiger charge is -2.24. The summed E-state index contributed by atoms with van der Waals surface area (Å²) in [5, 5.41) is 2.91. The van der Waals surface area contributed by atoms with E-state index in [0.29, 0.717) is 6.04 Å². The number of anilines is 2. The topological polar surface area (TPSA) is 58.4 Å². The zero-order valence-corrected chi connectivity index (χ0v) is 14.9. The van der Waals surface area contributed by atoms with E-state index in [1.165, 1.54) is 0 Å². The molecule has 0 heterocycles. The number of amides is 1. The average molecular weight is 336 g/mol. The molecule has 4 nitrogen and oxygen atoms in total. The number of nitrogens with zero attached hydrogens (tertiary/aromatic N) is 1. The van der Waals surface area contributed by atoms with Crippen molar-refractivity contribution in [2.24, 2.45) is 11.7 Å². The van der Waals surface area contributed by atoms with Crippen molar-refractivity contribution in [3.05, 3.63) is 24.3 Å². The highest BCUT2D eigenvalue weighted by molar-refractivity contribution is 5.93. The number of hydrogen-bond acceptors (Lipinski definition) is 3. The lowest BCUT2D eigenvalue weighted by molar-refractivity contribution is -0.119. The predicted octanol–water partition coefficient (Wildman–Crippen LogP) is 3.30. The number of rotatable bonds is 5. The number of benzene rings is 1. The number of halogens is 2. The molecule has 3 N–H and O–H groups in total. The number of hydrogen-bond donors (Lipinski definition) is 2. The standard InChI is InChI=1S/C15H25N3O.2ClH/c1-10(2)18(5)14-8-6-7-13(9-14)17-15(19)11(3)12(4)16;;/h6-12H,16H2,1-5H3,(H,17,19);2*1H. The number of carbonyl (C=O) groups excluding carboxylic acids is 1. The van der Waals surface area contributed by atoms with Gasteiger partial charge in [-0.05, 0) is 39.0 Å². The fourth-order valence-corrected chi connectivity index (χ4v) is 1.60. The van der Waals surface area contributed by atoms with Crippen LogP contribution in [0.1, 0.15) is 27.7 Å². The molecule has 0 saturated carbocycles. The van der Waals surface area contributed by atoms with E-state index in [1.54, 1.807) is 0 Å². The van der Waals surface area contributed by atoms with Crippen molar-refractivity contribution in [1.29, 1.82) is 0 Å². The Morgan fingerprint density at radius 2 is 1.76 bits per heavy atom. The van der Waals surface area contributed by atoms with Crippen molar-refractivity contribution in [2.75, 3.05) is 17.3 Å². The van der Waals surface area contributed by atoms with Gasteiger partial charge in [-0.1, -0.05) is 13.0 Å². The smallest absolute Gasteiger partial charge is 0.228 e. The minimum atomic E-state index is -0.202. The van der Waals surface area contributed by atoms with Crippen molar-refractivity contribution in [1.82, 2.24) is 0 Å². The molecule has 0 radical (unpaired) electrons. The maximum absolute atomic E-state index is 12.0. The third kappa shape index (κ3) is 6.55. The second-order valence-electron chi connectivity index (χ2n) is 5.39. The molecule has 0 aliphatic heterocycles. The van der Waals surface area contributed by atoms with Gasteiger partial charge in [-0.25, -0.2) is 0 Å². The van der Waals surface area contributed by atoms with Gasteiger partial charge in [0.05, 0.1) is 5.92 Å². The van der Waals surface area contributed by atoms with Crippen LogP contribution in [-0.4, -0.2) is 25.0 Å². The van der Waals surface area contributed by atoms with Crippen molar-refractivity contribution >= 4 is 42.1 Å². The summed E-state index contributed by atoms with van der Waals surface area (Å²) in [6, 6.07) is 8.11. The average Bonchev–Trinajstić information content (AvgIpc) is 2.36. The fourth-order valence-electron chi connectivity index (χ4n) is 1.60. The Morgan fingerprint density at radius 1 is 1.19 bits per heavy atom. The van der Waals surface area contributed by atoms with Gasteiger partial charge >= 0.3 is 0 Å². The van der Waals surface area contributed by atoms with E-state index in [4.69, 9.17) is 5.73 Å². The number of carbonyl (C=O) groups is 1. The van der Waals surface area contributed by atoms with E-state index >= 15 is 0 Å². The van der Waals surface area contributed by atoms with Crippen LogP contribution in [0.15, 0.2) is 24.3 Å². The highest BCUT2D eigenvalue weighted by Gasteiger charge is 2.17. The van der Waals surface area contributed by atoms with Crippen LogP contribution >= 0.6 is 24.8 Å². The van der Waals surface area contributed by atoms with Crippen molar-refractivity contribution in [2.45, 2.75) is 39.8 Å². The van der Waals surface area contributed by atoms with Crippen LogP contribution in [0.2, 0.25) is 0 Å². The van der Waals surface area contributed by atoms with Gasteiger partial charge in [0.2, 0.25) is 5.91 Å². The van der Waals surface area contributed by atoms with Gasteiger partial charge in [0.25, 0.3) is 0 Å². The molecule has 0 aliphatic carbocycles. The molecule has 0 saturated heterocycles. The Kier molecular flexibility index (Phi) is 10.5. The Bertz CT molecular complexity index is 439. The summed E-state index contributed by atoms with van der Waals surface area (Å²) in [5.41, 5.74) is 7.63. The molecule has 122 valence electrons. The quantitative estimate of drug-likeness (QED) is 0.867. The largest absolute Gasteiger partial charge is 0.372 e. The van der Waals surface area contributed by atoms with Crippen LogP contribution < -0.4 is 16.0 Å². The van der Waals surface area contributed by atoms with Gasteiger partial charge in [0.1, 0.15) is 0 Å². The minimum absolute atomic E-state index is 0. The molecule has 1 rings (SSSR count). The first-order chi connectivity index (χ1) is 8.82. The van der Waals surface area contributed by atoms with Gasteiger partial charge in [-0.3, -0.25) is 4.79 Å². The molecule has 0 aromatic heterocycles. The highest BCUT2D eigenvalue weighted by atomic mass is 35.5. The van der Waals surface area contributed by atoms with E-state index in [0.717, 1.165) is 11.4 Å². The zero-order chi connectivity index (χ0) is 14.6. The third-order valence-electron chi connectivity index (χ3n) is 3.50. The molecule has 0 aliphatic rings. The first kappa shape index (κ1) is 22.3. The molecule has 21 heavy (non-hydrogen) atoms. The van der Waals surface area contributed by atoms with E-state index in [1.807, 2.05) is 45.2 Å². The molecule has 0 spiro atoms. The van der Waals surface area contributed by atoms with E-state index in [2.05, 4.69) is 24.1 Å². The van der Waals surface area contributed by atoms with Gasteiger partial charge in [-0.2, -0.15) is 0 Å². The lowest BCUT2D eigenvalue weighted by atomic mass is 10.0. The normalized spacial score (nSPS) is 12.7. The summed E-state index contributed by atoms with van der Waals surface area (Å²) < 4.78 is 0. The van der Waals surface area contributed by atoms with Crippen molar-refractivity contribution in [3.63, 3.8) is 0 Å². The van der Waals surface area contributed by atoms with E-state index in [9.17, 15) is 4.79 Å². The number of nitrogens with two attached hydrogens (primary N) is 1. The molecule has 1 aromatic carbocycles. The van der Waals surface area contributed by atoms with Gasteiger partial charge < -0.3 is 16.0 Å².